The number of rotatable bonds is 2. The van der Waals surface area contributed by atoms with E-state index in [1.807, 2.05) is 0 Å². The van der Waals surface area contributed by atoms with Crippen LogP contribution in [0.2, 0.25) is 0 Å². The molecular formula is C4H6N4O. The fourth-order valence-electron chi connectivity index (χ4n) is 0.659. The Labute approximate surface area is 51.4 Å². The fraction of sp³-hybridized carbons (Fsp3) is 0.750. The molecule has 0 aromatic carbocycles. The van der Waals surface area contributed by atoms with Crippen molar-refractivity contribution in [2.24, 2.45) is 0 Å². The zero-order chi connectivity index (χ0) is 6.10. The van der Waals surface area contributed by atoms with Crippen LogP contribution in [-0.4, -0.2) is 33.3 Å². The molecule has 48 valence electrons. The Morgan fingerprint density at radius 1 is 1.78 bits per heavy atom. The van der Waals surface area contributed by atoms with E-state index in [0.717, 1.165) is 18.9 Å². The smallest absolute Gasteiger partial charge is 0.177 e. The maximum Gasteiger partial charge on any atom is 0.177 e. The van der Waals surface area contributed by atoms with Gasteiger partial charge >= 0.3 is 0 Å². The molecule has 0 bridgehead atoms. The number of nitrogens with zero attached hydrogens (tertiary/aromatic N) is 3. The summed E-state index contributed by atoms with van der Waals surface area (Å²) in [5.41, 5.74) is 0. The van der Waals surface area contributed by atoms with Crippen molar-refractivity contribution >= 4 is 0 Å². The van der Waals surface area contributed by atoms with Crippen molar-refractivity contribution in [3.05, 3.63) is 5.82 Å². The van der Waals surface area contributed by atoms with Gasteiger partial charge in [0.2, 0.25) is 0 Å². The number of ether oxygens (including phenoxy) is 1. The number of hydrogen-bond donors (Lipinski definition) is 1. The van der Waals surface area contributed by atoms with Gasteiger partial charge in [-0.15, -0.1) is 10.2 Å². The first-order chi connectivity index (χ1) is 4.45. The Morgan fingerprint density at radius 2 is 2.67 bits per heavy atom. The van der Waals surface area contributed by atoms with Crippen LogP contribution in [-0.2, 0) is 11.2 Å². The van der Waals surface area contributed by atoms with E-state index in [-0.39, 0.29) is 0 Å². The summed E-state index contributed by atoms with van der Waals surface area (Å²) in [7, 11) is 0. The van der Waals surface area contributed by atoms with Crippen molar-refractivity contribution in [3.63, 3.8) is 0 Å². The van der Waals surface area contributed by atoms with Crippen molar-refractivity contribution in [2.75, 3.05) is 6.61 Å². The van der Waals surface area contributed by atoms with Crippen molar-refractivity contribution in [3.8, 4) is 0 Å². The van der Waals surface area contributed by atoms with Gasteiger partial charge in [0.25, 0.3) is 0 Å². The molecule has 1 atom stereocenters. The van der Waals surface area contributed by atoms with Gasteiger partial charge < -0.3 is 4.74 Å². The predicted octanol–water partition coefficient (Wildman–Crippen LogP) is -0.859. The molecule has 2 heterocycles. The summed E-state index contributed by atoms with van der Waals surface area (Å²) in [5, 5.41) is 13.3. The van der Waals surface area contributed by atoms with Gasteiger partial charge in [-0.3, -0.25) is 0 Å². The lowest BCUT2D eigenvalue weighted by molar-refractivity contribution is 0.404. The summed E-state index contributed by atoms with van der Waals surface area (Å²) < 4.78 is 4.96. The third kappa shape index (κ3) is 1.05. The molecule has 5 nitrogen and oxygen atoms in total. The third-order valence-corrected chi connectivity index (χ3v) is 1.20. The number of H-pyrrole nitrogens is 1. The minimum atomic E-state index is 0.350. The second-order valence-corrected chi connectivity index (χ2v) is 1.99. The van der Waals surface area contributed by atoms with Crippen LogP contribution in [0.25, 0.3) is 0 Å². The summed E-state index contributed by atoms with van der Waals surface area (Å²) in [4.78, 5) is 0. The van der Waals surface area contributed by atoms with Crippen LogP contribution in [0.15, 0.2) is 0 Å². The molecule has 1 saturated heterocycles. The van der Waals surface area contributed by atoms with Crippen molar-refractivity contribution in [2.45, 2.75) is 12.5 Å². The summed E-state index contributed by atoms with van der Waals surface area (Å²) in [6.45, 7) is 0.842. The second kappa shape index (κ2) is 1.77. The highest BCUT2D eigenvalue weighted by Gasteiger charge is 2.24. The number of tetrazole rings is 1. The number of aromatic amines is 1. The molecule has 0 saturated carbocycles. The lowest BCUT2D eigenvalue weighted by Gasteiger charge is -1.81. The zero-order valence-corrected chi connectivity index (χ0v) is 4.74. The number of aromatic nitrogens is 4. The Balaban J connectivity index is 1.99. The van der Waals surface area contributed by atoms with Crippen molar-refractivity contribution in [1.29, 1.82) is 0 Å². The number of hydrogen-bond acceptors (Lipinski definition) is 4. The quantitative estimate of drug-likeness (QED) is 0.523. The highest BCUT2D eigenvalue weighted by atomic mass is 16.6. The van der Waals surface area contributed by atoms with Crippen LogP contribution in [0.1, 0.15) is 5.82 Å². The molecule has 2 rings (SSSR count). The molecule has 5 heteroatoms. The Bertz CT molecular complexity index is 180. The third-order valence-electron chi connectivity index (χ3n) is 1.20. The van der Waals surface area contributed by atoms with Crippen LogP contribution in [0, 0.1) is 0 Å². The number of epoxide rings is 1. The monoisotopic (exact) mass is 126 g/mol. The molecule has 1 N–H and O–H groups in total. The van der Waals surface area contributed by atoms with E-state index >= 15 is 0 Å². The van der Waals surface area contributed by atoms with Gasteiger partial charge in [-0.2, -0.15) is 5.21 Å². The maximum atomic E-state index is 4.96. The maximum absolute atomic E-state index is 4.96. The summed E-state index contributed by atoms with van der Waals surface area (Å²) in [5.74, 6) is 0.734. The zero-order valence-electron chi connectivity index (χ0n) is 4.74. The van der Waals surface area contributed by atoms with Crippen molar-refractivity contribution < 1.29 is 4.74 Å². The van der Waals surface area contributed by atoms with Crippen LogP contribution in [0.3, 0.4) is 0 Å². The highest BCUT2D eigenvalue weighted by molar-refractivity contribution is 4.85. The van der Waals surface area contributed by atoms with Crippen molar-refractivity contribution in [1.82, 2.24) is 20.6 Å². The fourth-order valence-corrected chi connectivity index (χ4v) is 0.659. The van der Waals surface area contributed by atoms with Crippen LogP contribution < -0.4 is 0 Å². The first-order valence-corrected chi connectivity index (χ1v) is 2.79. The van der Waals surface area contributed by atoms with Gasteiger partial charge in [-0.1, -0.05) is 5.21 Å². The SMILES string of the molecule is C1OC1Cc1nn[nH]n1. The van der Waals surface area contributed by atoms with Gasteiger partial charge in [-0.05, 0) is 0 Å². The Hall–Kier alpha value is -0.970. The molecule has 1 aromatic heterocycles. The van der Waals surface area contributed by atoms with E-state index in [1.165, 1.54) is 0 Å². The number of nitrogens with one attached hydrogen (secondary N) is 1. The van der Waals surface area contributed by atoms with Gasteiger partial charge in [0, 0.05) is 6.42 Å². The molecule has 0 amide bonds. The Kier molecular flexibility index (Phi) is 0.955. The van der Waals surface area contributed by atoms with Crippen LogP contribution in [0.4, 0.5) is 0 Å². The average Bonchev–Trinajstić information content (AvgIpc) is 2.46. The van der Waals surface area contributed by atoms with E-state index < -0.39 is 0 Å². The predicted molar refractivity (Wildman–Crippen MR) is 27.6 cm³/mol. The molecule has 9 heavy (non-hydrogen) atoms. The standard InChI is InChI=1S/C4H6N4O/c1(3-2-9-3)4-5-7-8-6-4/h3H,1-2H2,(H,5,6,7,8). The lowest BCUT2D eigenvalue weighted by Crippen LogP contribution is -1.94. The molecule has 0 aliphatic carbocycles. The molecule has 0 radical (unpaired) electrons. The van der Waals surface area contributed by atoms with E-state index in [9.17, 15) is 0 Å². The molecule has 1 fully saturated rings. The minimum Gasteiger partial charge on any atom is -0.373 e. The molecule has 0 spiro atoms. The molecular weight excluding hydrogens is 120 g/mol. The second-order valence-electron chi connectivity index (χ2n) is 1.99. The van der Waals surface area contributed by atoms with Gasteiger partial charge in [0.05, 0.1) is 12.7 Å². The van der Waals surface area contributed by atoms with Crippen LogP contribution >= 0.6 is 0 Å². The van der Waals surface area contributed by atoms with Gasteiger partial charge in [-0.25, -0.2) is 0 Å². The normalized spacial score (nSPS) is 24.2. The molecule has 1 aromatic rings. The average molecular weight is 126 g/mol. The van der Waals surface area contributed by atoms with E-state index in [4.69, 9.17) is 4.74 Å². The van der Waals surface area contributed by atoms with E-state index in [0.29, 0.717) is 6.10 Å². The largest absolute Gasteiger partial charge is 0.373 e. The summed E-state index contributed by atoms with van der Waals surface area (Å²) >= 11 is 0. The Morgan fingerprint density at radius 3 is 3.22 bits per heavy atom. The van der Waals surface area contributed by atoms with Crippen LogP contribution in [0.5, 0.6) is 0 Å². The molecule has 1 aliphatic rings. The first-order valence-electron chi connectivity index (χ1n) is 2.79. The highest BCUT2D eigenvalue weighted by Crippen LogP contribution is 2.11. The summed E-state index contributed by atoms with van der Waals surface area (Å²) in [6.07, 6.45) is 1.14. The van der Waals surface area contributed by atoms with E-state index in [1.54, 1.807) is 0 Å². The minimum absolute atomic E-state index is 0.350. The van der Waals surface area contributed by atoms with E-state index in [2.05, 4.69) is 20.6 Å². The van der Waals surface area contributed by atoms with Gasteiger partial charge in [0.1, 0.15) is 0 Å². The lowest BCUT2D eigenvalue weighted by atomic mass is 10.3. The first kappa shape index (κ1) is 4.87. The molecule has 1 unspecified atom stereocenters. The van der Waals surface area contributed by atoms with Gasteiger partial charge in [0.15, 0.2) is 5.82 Å². The topological polar surface area (TPSA) is 67.0 Å². The molecule has 1 aliphatic heterocycles. The summed E-state index contributed by atoms with van der Waals surface area (Å²) in [6, 6.07) is 0.